The first-order chi connectivity index (χ1) is 9.26. The summed E-state index contributed by atoms with van der Waals surface area (Å²) in [6.07, 6.45) is 3.02. The van der Waals surface area contributed by atoms with Gasteiger partial charge >= 0.3 is 0 Å². The normalized spacial score (nSPS) is 20.9. The van der Waals surface area contributed by atoms with Crippen molar-refractivity contribution in [1.29, 1.82) is 0 Å². The molecule has 2 heterocycles. The maximum Gasteiger partial charge on any atom is 0.183 e. The van der Waals surface area contributed by atoms with E-state index in [1.165, 1.54) is 17.9 Å². The smallest absolute Gasteiger partial charge is 0.183 e. The molecule has 0 unspecified atom stereocenters. The van der Waals surface area contributed by atoms with Crippen LogP contribution in [0.4, 0.5) is 0 Å². The standard InChI is InChI=1S/C14H22N2O2S/c1-11-5-8-19-9-7-16(11)10-12-14(18-3)13(17-2)4-6-15-12/h4,6,11H,5,7-10H2,1-3H3/t11-/m1/s1. The van der Waals surface area contributed by atoms with Crippen LogP contribution in [0, 0.1) is 0 Å². The average Bonchev–Trinajstić information content (AvgIpc) is 2.64. The number of thioether (sulfide) groups is 1. The van der Waals surface area contributed by atoms with Crippen LogP contribution < -0.4 is 9.47 Å². The van der Waals surface area contributed by atoms with Crippen molar-refractivity contribution in [2.45, 2.75) is 25.9 Å². The average molecular weight is 282 g/mol. The van der Waals surface area contributed by atoms with Crippen LogP contribution in [0.2, 0.25) is 0 Å². The molecule has 1 saturated heterocycles. The Kier molecular flexibility index (Phi) is 5.34. The van der Waals surface area contributed by atoms with E-state index in [1.54, 1.807) is 20.4 Å². The van der Waals surface area contributed by atoms with Gasteiger partial charge in [0.2, 0.25) is 0 Å². The summed E-state index contributed by atoms with van der Waals surface area (Å²) >= 11 is 2.03. The summed E-state index contributed by atoms with van der Waals surface area (Å²) in [5, 5.41) is 0. The fourth-order valence-corrected chi connectivity index (χ4v) is 3.41. The molecule has 19 heavy (non-hydrogen) atoms. The van der Waals surface area contributed by atoms with Crippen LogP contribution in [-0.2, 0) is 6.54 Å². The molecule has 0 spiro atoms. The van der Waals surface area contributed by atoms with Crippen molar-refractivity contribution < 1.29 is 9.47 Å². The molecule has 0 saturated carbocycles. The summed E-state index contributed by atoms with van der Waals surface area (Å²) < 4.78 is 10.8. The Morgan fingerprint density at radius 3 is 2.95 bits per heavy atom. The first-order valence-corrected chi connectivity index (χ1v) is 7.79. The van der Waals surface area contributed by atoms with Gasteiger partial charge < -0.3 is 9.47 Å². The fraction of sp³-hybridized carbons (Fsp3) is 0.643. The number of nitrogens with zero attached hydrogens (tertiary/aromatic N) is 2. The lowest BCUT2D eigenvalue weighted by Crippen LogP contribution is -2.33. The predicted molar refractivity (Wildman–Crippen MR) is 79.2 cm³/mol. The van der Waals surface area contributed by atoms with E-state index in [0.29, 0.717) is 6.04 Å². The number of rotatable bonds is 4. The summed E-state index contributed by atoms with van der Waals surface area (Å²) in [6.45, 7) is 4.22. The minimum Gasteiger partial charge on any atom is -0.493 e. The van der Waals surface area contributed by atoms with Gasteiger partial charge in [-0.3, -0.25) is 9.88 Å². The Morgan fingerprint density at radius 1 is 1.37 bits per heavy atom. The van der Waals surface area contributed by atoms with E-state index in [-0.39, 0.29) is 0 Å². The van der Waals surface area contributed by atoms with Crippen LogP contribution in [0.25, 0.3) is 0 Å². The van der Waals surface area contributed by atoms with Crippen LogP contribution >= 0.6 is 11.8 Å². The van der Waals surface area contributed by atoms with Gasteiger partial charge in [-0.15, -0.1) is 0 Å². The second kappa shape index (κ2) is 7.01. The lowest BCUT2D eigenvalue weighted by atomic mass is 10.2. The number of ether oxygens (including phenoxy) is 2. The summed E-state index contributed by atoms with van der Waals surface area (Å²) in [5.74, 6) is 3.95. The number of pyridine rings is 1. The van der Waals surface area contributed by atoms with Crippen molar-refractivity contribution in [1.82, 2.24) is 9.88 Å². The molecule has 0 bridgehead atoms. The van der Waals surface area contributed by atoms with Crippen LogP contribution in [0.5, 0.6) is 11.5 Å². The number of hydrogen-bond acceptors (Lipinski definition) is 5. The Balaban J connectivity index is 2.17. The minimum atomic E-state index is 0.590. The lowest BCUT2D eigenvalue weighted by molar-refractivity contribution is 0.206. The molecule has 0 aromatic carbocycles. The molecule has 0 amide bonds. The molecule has 106 valence electrons. The van der Waals surface area contributed by atoms with Gasteiger partial charge in [-0.05, 0) is 19.1 Å². The number of methoxy groups -OCH3 is 2. The van der Waals surface area contributed by atoms with E-state index >= 15 is 0 Å². The van der Waals surface area contributed by atoms with E-state index in [0.717, 1.165) is 30.3 Å². The summed E-state index contributed by atoms with van der Waals surface area (Å²) in [7, 11) is 3.33. The van der Waals surface area contributed by atoms with E-state index in [4.69, 9.17) is 9.47 Å². The molecule has 1 aromatic heterocycles. The van der Waals surface area contributed by atoms with Crippen molar-refractivity contribution in [2.24, 2.45) is 0 Å². The fourth-order valence-electron chi connectivity index (χ4n) is 2.33. The molecule has 1 aliphatic rings. The molecule has 5 heteroatoms. The van der Waals surface area contributed by atoms with Gasteiger partial charge in [0.25, 0.3) is 0 Å². The molecule has 0 N–H and O–H groups in total. The van der Waals surface area contributed by atoms with Gasteiger partial charge in [0.05, 0.1) is 14.2 Å². The highest BCUT2D eigenvalue weighted by Gasteiger charge is 2.20. The molecule has 4 nitrogen and oxygen atoms in total. The van der Waals surface area contributed by atoms with Gasteiger partial charge in [0.15, 0.2) is 11.5 Å². The quantitative estimate of drug-likeness (QED) is 0.847. The van der Waals surface area contributed by atoms with E-state index in [1.807, 2.05) is 17.8 Å². The monoisotopic (exact) mass is 282 g/mol. The van der Waals surface area contributed by atoms with E-state index < -0.39 is 0 Å². The Labute approximate surface area is 119 Å². The second-order valence-electron chi connectivity index (χ2n) is 4.71. The molecule has 1 aliphatic heterocycles. The summed E-state index contributed by atoms with van der Waals surface area (Å²) in [5.41, 5.74) is 0.959. The van der Waals surface area contributed by atoms with Crippen LogP contribution in [-0.4, -0.2) is 48.2 Å². The van der Waals surface area contributed by atoms with Crippen molar-refractivity contribution in [3.8, 4) is 11.5 Å². The first-order valence-electron chi connectivity index (χ1n) is 6.64. The van der Waals surface area contributed by atoms with Gasteiger partial charge in [0.1, 0.15) is 5.69 Å². The Bertz CT molecular complexity index is 414. The van der Waals surface area contributed by atoms with Crippen molar-refractivity contribution in [2.75, 3.05) is 32.3 Å². The Morgan fingerprint density at radius 2 is 2.21 bits per heavy atom. The zero-order chi connectivity index (χ0) is 13.7. The maximum absolute atomic E-state index is 5.46. The van der Waals surface area contributed by atoms with Crippen LogP contribution in [0.3, 0.4) is 0 Å². The number of hydrogen-bond donors (Lipinski definition) is 0. The van der Waals surface area contributed by atoms with Crippen molar-refractivity contribution >= 4 is 11.8 Å². The van der Waals surface area contributed by atoms with Crippen LogP contribution in [0.1, 0.15) is 19.0 Å². The zero-order valence-electron chi connectivity index (χ0n) is 11.9. The molecule has 1 aromatic rings. The first kappa shape index (κ1) is 14.5. The Hall–Kier alpha value is -0.940. The summed E-state index contributed by atoms with van der Waals surface area (Å²) in [4.78, 5) is 6.94. The van der Waals surface area contributed by atoms with Crippen molar-refractivity contribution in [3.63, 3.8) is 0 Å². The van der Waals surface area contributed by atoms with Crippen LogP contribution in [0.15, 0.2) is 12.3 Å². The molecule has 2 rings (SSSR count). The zero-order valence-corrected chi connectivity index (χ0v) is 12.7. The highest BCUT2D eigenvalue weighted by Crippen LogP contribution is 2.30. The third-order valence-electron chi connectivity index (χ3n) is 3.55. The summed E-state index contributed by atoms with van der Waals surface area (Å²) in [6, 6.07) is 2.43. The second-order valence-corrected chi connectivity index (χ2v) is 5.94. The molecule has 1 fully saturated rings. The molecule has 0 radical (unpaired) electrons. The van der Waals surface area contributed by atoms with Gasteiger partial charge in [-0.1, -0.05) is 0 Å². The SMILES string of the molecule is COc1ccnc(CN2CCSCC[C@H]2C)c1OC. The van der Waals surface area contributed by atoms with Gasteiger partial charge in [-0.2, -0.15) is 11.8 Å². The highest BCUT2D eigenvalue weighted by molar-refractivity contribution is 7.99. The van der Waals surface area contributed by atoms with Crippen molar-refractivity contribution in [3.05, 3.63) is 18.0 Å². The van der Waals surface area contributed by atoms with E-state index in [9.17, 15) is 0 Å². The van der Waals surface area contributed by atoms with Gasteiger partial charge in [-0.25, -0.2) is 0 Å². The predicted octanol–water partition coefficient (Wildman–Crippen LogP) is 2.43. The number of aromatic nitrogens is 1. The molecule has 1 atom stereocenters. The lowest BCUT2D eigenvalue weighted by Gasteiger charge is -2.26. The third kappa shape index (κ3) is 3.54. The van der Waals surface area contributed by atoms with Gasteiger partial charge in [0, 0.05) is 37.1 Å². The molecular weight excluding hydrogens is 260 g/mol. The topological polar surface area (TPSA) is 34.6 Å². The third-order valence-corrected chi connectivity index (χ3v) is 4.54. The minimum absolute atomic E-state index is 0.590. The largest absolute Gasteiger partial charge is 0.493 e. The molecular formula is C14H22N2O2S. The maximum atomic E-state index is 5.46. The highest BCUT2D eigenvalue weighted by atomic mass is 32.2. The van der Waals surface area contributed by atoms with E-state index in [2.05, 4.69) is 16.8 Å². The molecule has 0 aliphatic carbocycles.